The predicted molar refractivity (Wildman–Crippen MR) is 86.1 cm³/mol. The number of nitrogens with zero attached hydrogens (tertiary/aromatic N) is 2. The molecule has 2 N–H and O–H groups in total. The molecule has 2 rings (SSSR count). The SMILES string of the molecule is COc1ccc(NCC(=O)N/N=C(\C)c2cccnc2)cc1. The van der Waals surface area contributed by atoms with Crippen molar-refractivity contribution >= 4 is 17.3 Å². The molecule has 0 saturated carbocycles. The maximum atomic E-state index is 11.8. The summed E-state index contributed by atoms with van der Waals surface area (Å²) in [7, 11) is 1.61. The number of carbonyl (C=O) groups excluding carboxylic acids is 1. The van der Waals surface area contributed by atoms with Crippen LogP contribution in [0.5, 0.6) is 5.75 Å². The van der Waals surface area contributed by atoms with Crippen molar-refractivity contribution in [2.75, 3.05) is 19.0 Å². The van der Waals surface area contributed by atoms with Crippen molar-refractivity contribution in [1.29, 1.82) is 0 Å². The first kappa shape index (κ1) is 15.5. The van der Waals surface area contributed by atoms with Gasteiger partial charge in [-0.1, -0.05) is 6.07 Å². The van der Waals surface area contributed by atoms with E-state index < -0.39 is 0 Å². The summed E-state index contributed by atoms with van der Waals surface area (Å²) in [6.07, 6.45) is 3.38. The Morgan fingerprint density at radius 2 is 2.05 bits per heavy atom. The second-order valence-electron chi connectivity index (χ2n) is 4.56. The maximum Gasteiger partial charge on any atom is 0.259 e. The van der Waals surface area contributed by atoms with E-state index >= 15 is 0 Å². The monoisotopic (exact) mass is 298 g/mol. The van der Waals surface area contributed by atoms with Crippen LogP contribution >= 0.6 is 0 Å². The second-order valence-corrected chi connectivity index (χ2v) is 4.56. The zero-order valence-electron chi connectivity index (χ0n) is 12.5. The van der Waals surface area contributed by atoms with Crippen molar-refractivity contribution in [3.05, 3.63) is 54.4 Å². The Balaban J connectivity index is 1.82. The number of pyridine rings is 1. The normalized spacial score (nSPS) is 10.9. The number of rotatable bonds is 6. The van der Waals surface area contributed by atoms with E-state index in [2.05, 4.69) is 20.8 Å². The summed E-state index contributed by atoms with van der Waals surface area (Å²) in [5.74, 6) is 0.547. The van der Waals surface area contributed by atoms with Crippen LogP contribution in [0.4, 0.5) is 5.69 Å². The Bertz CT molecular complexity index is 639. The van der Waals surface area contributed by atoms with Crippen LogP contribution in [0.3, 0.4) is 0 Å². The zero-order chi connectivity index (χ0) is 15.8. The lowest BCUT2D eigenvalue weighted by molar-refractivity contribution is -0.119. The minimum absolute atomic E-state index is 0.135. The summed E-state index contributed by atoms with van der Waals surface area (Å²) in [4.78, 5) is 15.8. The maximum absolute atomic E-state index is 11.8. The fourth-order valence-corrected chi connectivity index (χ4v) is 1.72. The topological polar surface area (TPSA) is 75.6 Å². The quantitative estimate of drug-likeness (QED) is 0.632. The van der Waals surface area contributed by atoms with Crippen LogP contribution in [0.15, 0.2) is 53.9 Å². The van der Waals surface area contributed by atoms with E-state index in [4.69, 9.17) is 4.74 Å². The molecule has 6 heteroatoms. The van der Waals surface area contributed by atoms with E-state index in [0.29, 0.717) is 5.71 Å². The van der Waals surface area contributed by atoms with Crippen LogP contribution in [0, 0.1) is 0 Å². The van der Waals surface area contributed by atoms with Gasteiger partial charge in [-0.2, -0.15) is 5.10 Å². The van der Waals surface area contributed by atoms with Gasteiger partial charge in [-0.15, -0.1) is 0 Å². The largest absolute Gasteiger partial charge is 0.497 e. The summed E-state index contributed by atoms with van der Waals surface area (Å²) >= 11 is 0. The molecule has 0 aliphatic carbocycles. The van der Waals surface area contributed by atoms with Gasteiger partial charge in [0.25, 0.3) is 5.91 Å². The number of aromatic nitrogens is 1. The first-order valence-corrected chi connectivity index (χ1v) is 6.80. The molecular formula is C16H18N4O2. The summed E-state index contributed by atoms with van der Waals surface area (Å²) in [5.41, 5.74) is 4.91. The van der Waals surface area contributed by atoms with Crippen LogP contribution in [0.25, 0.3) is 0 Å². The van der Waals surface area contributed by atoms with Crippen molar-refractivity contribution in [3.8, 4) is 5.75 Å². The average molecular weight is 298 g/mol. The standard InChI is InChI=1S/C16H18N4O2/c1-12(13-4-3-9-17-10-13)19-20-16(21)11-18-14-5-7-15(22-2)8-6-14/h3-10,18H,11H2,1-2H3,(H,20,21)/b19-12+. The van der Waals surface area contributed by atoms with Gasteiger partial charge in [-0.05, 0) is 37.3 Å². The molecule has 114 valence electrons. The molecule has 1 aromatic carbocycles. The number of nitrogens with one attached hydrogen (secondary N) is 2. The minimum Gasteiger partial charge on any atom is -0.497 e. The lowest BCUT2D eigenvalue weighted by atomic mass is 10.2. The minimum atomic E-state index is -0.223. The fourth-order valence-electron chi connectivity index (χ4n) is 1.72. The van der Waals surface area contributed by atoms with Gasteiger partial charge in [0.15, 0.2) is 0 Å². The Hall–Kier alpha value is -2.89. The van der Waals surface area contributed by atoms with Crippen molar-refractivity contribution in [2.45, 2.75) is 6.92 Å². The fraction of sp³-hybridized carbons (Fsp3) is 0.188. The van der Waals surface area contributed by atoms with Gasteiger partial charge in [0.2, 0.25) is 0 Å². The van der Waals surface area contributed by atoms with Crippen LogP contribution in [-0.2, 0) is 4.79 Å². The van der Waals surface area contributed by atoms with Gasteiger partial charge >= 0.3 is 0 Å². The van der Waals surface area contributed by atoms with Crippen molar-refractivity contribution < 1.29 is 9.53 Å². The molecular weight excluding hydrogens is 280 g/mol. The Labute approximate surface area is 129 Å². The van der Waals surface area contributed by atoms with E-state index in [1.807, 2.05) is 43.3 Å². The van der Waals surface area contributed by atoms with E-state index in [0.717, 1.165) is 17.0 Å². The highest BCUT2D eigenvalue weighted by atomic mass is 16.5. The second kappa shape index (κ2) is 7.78. The number of amides is 1. The third kappa shape index (κ3) is 4.59. The van der Waals surface area contributed by atoms with Crippen LogP contribution in [0.2, 0.25) is 0 Å². The number of hydrogen-bond acceptors (Lipinski definition) is 5. The molecule has 0 aliphatic rings. The van der Waals surface area contributed by atoms with E-state index in [9.17, 15) is 4.79 Å². The van der Waals surface area contributed by atoms with Crippen molar-refractivity contribution in [2.24, 2.45) is 5.10 Å². The third-order valence-corrected chi connectivity index (χ3v) is 2.97. The molecule has 1 heterocycles. The van der Waals surface area contributed by atoms with Gasteiger partial charge < -0.3 is 10.1 Å². The summed E-state index contributed by atoms with van der Waals surface area (Å²) in [5, 5.41) is 7.06. The highest BCUT2D eigenvalue weighted by Crippen LogP contribution is 2.14. The number of anilines is 1. The molecule has 2 aromatic rings. The number of methoxy groups -OCH3 is 1. The lowest BCUT2D eigenvalue weighted by Crippen LogP contribution is -2.26. The number of hydrogen-bond donors (Lipinski definition) is 2. The van der Waals surface area contributed by atoms with Crippen LogP contribution in [0.1, 0.15) is 12.5 Å². The van der Waals surface area contributed by atoms with Gasteiger partial charge in [0.1, 0.15) is 5.75 Å². The average Bonchev–Trinajstić information content (AvgIpc) is 2.59. The summed E-state index contributed by atoms with van der Waals surface area (Å²) in [6, 6.07) is 11.0. The molecule has 0 spiro atoms. The highest BCUT2D eigenvalue weighted by molar-refractivity contribution is 5.99. The molecule has 1 amide bonds. The van der Waals surface area contributed by atoms with Gasteiger partial charge in [0, 0.05) is 23.6 Å². The van der Waals surface area contributed by atoms with E-state index in [-0.39, 0.29) is 12.5 Å². The summed E-state index contributed by atoms with van der Waals surface area (Å²) in [6.45, 7) is 1.95. The first-order chi connectivity index (χ1) is 10.7. The number of benzene rings is 1. The van der Waals surface area contributed by atoms with E-state index in [1.165, 1.54) is 0 Å². The van der Waals surface area contributed by atoms with Gasteiger partial charge in [0.05, 0.1) is 19.4 Å². The predicted octanol–water partition coefficient (Wildman–Crippen LogP) is 2.04. The van der Waals surface area contributed by atoms with Crippen molar-refractivity contribution in [3.63, 3.8) is 0 Å². The molecule has 6 nitrogen and oxygen atoms in total. The molecule has 0 fully saturated rings. The number of carbonyl (C=O) groups is 1. The molecule has 1 aromatic heterocycles. The van der Waals surface area contributed by atoms with Crippen LogP contribution < -0.4 is 15.5 Å². The Morgan fingerprint density at radius 3 is 2.68 bits per heavy atom. The first-order valence-electron chi connectivity index (χ1n) is 6.80. The Kier molecular flexibility index (Phi) is 5.48. The van der Waals surface area contributed by atoms with Gasteiger partial charge in [-0.25, -0.2) is 5.43 Å². The number of hydrazone groups is 1. The highest BCUT2D eigenvalue weighted by Gasteiger charge is 2.02. The van der Waals surface area contributed by atoms with Crippen molar-refractivity contribution in [1.82, 2.24) is 10.4 Å². The molecule has 0 aliphatic heterocycles. The summed E-state index contributed by atoms with van der Waals surface area (Å²) < 4.78 is 5.07. The molecule has 22 heavy (non-hydrogen) atoms. The van der Waals surface area contributed by atoms with Crippen LogP contribution in [-0.4, -0.2) is 30.3 Å². The third-order valence-electron chi connectivity index (χ3n) is 2.97. The molecule has 0 saturated heterocycles. The lowest BCUT2D eigenvalue weighted by Gasteiger charge is -2.07. The van der Waals surface area contributed by atoms with Gasteiger partial charge in [-0.3, -0.25) is 9.78 Å². The molecule has 0 atom stereocenters. The zero-order valence-corrected chi connectivity index (χ0v) is 12.5. The molecule has 0 unspecified atom stereocenters. The molecule has 0 radical (unpaired) electrons. The Morgan fingerprint density at radius 1 is 1.27 bits per heavy atom. The smallest absolute Gasteiger partial charge is 0.259 e. The van der Waals surface area contributed by atoms with E-state index in [1.54, 1.807) is 19.5 Å². The number of ether oxygens (including phenoxy) is 1. The molecule has 0 bridgehead atoms.